The lowest BCUT2D eigenvalue weighted by atomic mass is 9.99. The molecule has 7 heteroatoms. The molecule has 1 atom stereocenters. The van der Waals surface area contributed by atoms with E-state index in [1.54, 1.807) is 24.3 Å². The topological polar surface area (TPSA) is 75.7 Å². The number of carbonyl (C=O) groups excluding carboxylic acids is 1. The maximum atomic E-state index is 12.7. The molecule has 0 heterocycles. The van der Waals surface area contributed by atoms with Gasteiger partial charge in [0.15, 0.2) is 0 Å². The second-order valence-corrected chi connectivity index (χ2v) is 9.39. The number of hydrogen-bond acceptors (Lipinski definition) is 4. The summed E-state index contributed by atoms with van der Waals surface area (Å²) >= 11 is 0. The number of carbonyl (C=O) groups is 1. The van der Waals surface area contributed by atoms with Crippen LogP contribution in [0.1, 0.15) is 49.4 Å². The summed E-state index contributed by atoms with van der Waals surface area (Å²) in [4.78, 5) is 12.7. The predicted octanol–water partition coefficient (Wildman–Crippen LogP) is 4.13. The van der Waals surface area contributed by atoms with Crippen molar-refractivity contribution in [2.75, 3.05) is 23.7 Å². The molecule has 1 N–H and O–H groups in total. The Hall–Kier alpha value is -2.54. The third-order valence-electron chi connectivity index (χ3n) is 4.96. The highest BCUT2D eigenvalue weighted by Gasteiger charge is 2.22. The lowest BCUT2D eigenvalue weighted by Gasteiger charge is -2.24. The fourth-order valence-electron chi connectivity index (χ4n) is 3.10. The van der Waals surface area contributed by atoms with Gasteiger partial charge in [-0.2, -0.15) is 0 Å². The highest BCUT2D eigenvalue weighted by molar-refractivity contribution is 7.92. The van der Waals surface area contributed by atoms with Gasteiger partial charge in [-0.3, -0.25) is 9.10 Å². The van der Waals surface area contributed by atoms with Crippen LogP contribution in [-0.4, -0.2) is 33.7 Å². The van der Waals surface area contributed by atoms with E-state index in [2.05, 4.69) is 11.4 Å². The van der Waals surface area contributed by atoms with E-state index in [-0.39, 0.29) is 18.5 Å². The number of benzene rings is 2. The van der Waals surface area contributed by atoms with Crippen molar-refractivity contribution in [3.05, 3.63) is 59.2 Å². The van der Waals surface area contributed by atoms with E-state index in [0.717, 1.165) is 28.1 Å². The minimum Gasteiger partial charge on any atom is -0.494 e. The van der Waals surface area contributed by atoms with Gasteiger partial charge in [-0.1, -0.05) is 32.0 Å². The summed E-state index contributed by atoms with van der Waals surface area (Å²) in [5, 5.41) is 2.97. The van der Waals surface area contributed by atoms with Crippen LogP contribution in [0.15, 0.2) is 42.5 Å². The maximum absolute atomic E-state index is 12.7. The summed E-state index contributed by atoms with van der Waals surface area (Å²) in [7, 11) is -3.63. The molecule has 0 aliphatic heterocycles. The maximum Gasteiger partial charge on any atom is 0.241 e. The zero-order chi connectivity index (χ0) is 22.3. The summed E-state index contributed by atoms with van der Waals surface area (Å²) < 4.78 is 31.3. The van der Waals surface area contributed by atoms with Crippen molar-refractivity contribution in [2.24, 2.45) is 0 Å². The van der Waals surface area contributed by atoms with Gasteiger partial charge in [-0.15, -0.1) is 0 Å². The molecular weight excluding hydrogens is 400 g/mol. The lowest BCUT2D eigenvalue weighted by Crippen LogP contribution is -2.41. The van der Waals surface area contributed by atoms with Crippen molar-refractivity contribution < 1.29 is 17.9 Å². The van der Waals surface area contributed by atoms with E-state index >= 15 is 0 Å². The molecule has 0 spiro atoms. The van der Waals surface area contributed by atoms with Gasteiger partial charge < -0.3 is 10.1 Å². The van der Waals surface area contributed by atoms with Gasteiger partial charge in [-0.05, 0) is 67.6 Å². The average molecular weight is 433 g/mol. The minimum absolute atomic E-state index is 0.178. The smallest absolute Gasteiger partial charge is 0.241 e. The molecule has 0 fully saturated rings. The standard InChI is InChI=1S/C23H32N2O4S/c1-6-14-29-21-12-10-20(11-13-21)25(30(5,27)28)16-23(26)24-22(7-2)19-9-8-17(3)18(4)15-19/h8-13,15,22H,6-7,14,16H2,1-5H3,(H,24,26)/t22-/m0/s1. The summed E-state index contributed by atoms with van der Waals surface area (Å²) in [6.45, 7) is 8.39. The van der Waals surface area contributed by atoms with Crippen molar-refractivity contribution in [3.63, 3.8) is 0 Å². The van der Waals surface area contributed by atoms with Gasteiger partial charge in [0.1, 0.15) is 12.3 Å². The number of aryl methyl sites for hydroxylation is 2. The largest absolute Gasteiger partial charge is 0.494 e. The SMILES string of the molecule is CCCOc1ccc(N(CC(=O)N[C@@H](CC)c2ccc(C)c(C)c2)S(C)(=O)=O)cc1. The molecule has 2 aromatic carbocycles. The van der Waals surface area contributed by atoms with Crippen LogP contribution in [0, 0.1) is 13.8 Å². The third kappa shape index (κ3) is 6.49. The molecule has 0 saturated carbocycles. The number of anilines is 1. The number of amides is 1. The second-order valence-electron chi connectivity index (χ2n) is 7.48. The average Bonchev–Trinajstić information content (AvgIpc) is 2.70. The predicted molar refractivity (Wildman–Crippen MR) is 122 cm³/mol. The molecule has 6 nitrogen and oxygen atoms in total. The number of ether oxygens (including phenoxy) is 1. The number of nitrogens with zero attached hydrogens (tertiary/aromatic N) is 1. The van der Waals surface area contributed by atoms with Gasteiger partial charge in [0.25, 0.3) is 0 Å². The molecule has 30 heavy (non-hydrogen) atoms. The van der Waals surface area contributed by atoms with Crippen LogP contribution in [0.3, 0.4) is 0 Å². The van der Waals surface area contributed by atoms with E-state index in [4.69, 9.17) is 4.74 Å². The molecule has 0 saturated heterocycles. The Labute approximate surface area is 180 Å². The van der Waals surface area contributed by atoms with Crippen LogP contribution in [-0.2, 0) is 14.8 Å². The first kappa shape index (κ1) is 23.7. The lowest BCUT2D eigenvalue weighted by molar-refractivity contribution is -0.120. The molecule has 1 amide bonds. The first-order valence-electron chi connectivity index (χ1n) is 10.2. The molecule has 0 aromatic heterocycles. The van der Waals surface area contributed by atoms with Gasteiger partial charge in [0, 0.05) is 0 Å². The van der Waals surface area contributed by atoms with E-state index in [1.807, 2.05) is 39.8 Å². The molecule has 164 valence electrons. The van der Waals surface area contributed by atoms with Gasteiger partial charge in [-0.25, -0.2) is 8.42 Å². The Morgan fingerprint density at radius 3 is 2.27 bits per heavy atom. The van der Waals surface area contributed by atoms with E-state index in [9.17, 15) is 13.2 Å². The molecule has 0 bridgehead atoms. The Kier molecular flexibility index (Phi) is 8.29. The Bertz CT molecular complexity index is 956. The summed E-state index contributed by atoms with van der Waals surface area (Å²) in [5.41, 5.74) is 3.78. The second kappa shape index (κ2) is 10.5. The van der Waals surface area contributed by atoms with Crippen molar-refractivity contribution in [2.45, 2.75) is 46.6 Å². The molecule has 0 aliphatic carbocycles. The Morgan fingerprint density at radius 1 is 1.07 bits per heavy atom. The molecule has 2 aromatic rings. The monoisotopic (exact) mass is 432 g/mol. The number of hydrogen-bond donors (Lipinski definition) is 1. The van der Waals surface area contributed by atoms with Crippen molar-refractivity contribution in [1.82, 2.24) is 5.32 Å². The zero-order valence-corrected chi connectivity index (χ0v) is 19.3. The zero-order valence-electron chi connectivity index (χ0n) is 18.4. The van der Waals surface area contributed by atoms with Gasteiger partial charge in [0.05, 0.1) is 24.6 Å². The minimum atomic E-state index is -3.63. The van der Waals surface area contributed by atoms with Crippen LogP contribution in [0.25, 0.3) is 0 Å². The quantitative estimate of drug-likeness (QED) is 0.613. The molecule has 2 rings (SSSR count). The van der Waals surface area contributed by atoms with E-state index < -0.39 is 10.0 Å². The van der Waals surface area contributed by atoms with Crippen molar-refractivity contribution in [1.29, 1.82) is 0 Å². The van der Waals surface area contributed by atoms with Crippen LogP contribution in [0.4, 0.5) is 5.69 Å². The van der Waals surface area contributed by atoms with Crippen LogP contribution in [0.5, 0.6) is 5.75 Å². The van der Waals surface area contributed by atoms with Crippen molar-refractivity contribution in [3.8, 4) is 5.75 Å². The Morgan fingerprint density at radius 2 is 1.73 bits per heavy atom. The molecule has 0 radical (unpaired) electrons. The molecule has 0 unspecified atom stereocenters. The first-order valence-corrected chi connectivity index (χ1v) is 12.1. The molecule has 0 aliphatic rings. The van der Waals surface area contributed by atoms with Crippen LogP contribution >= 0.6 is 0 Å². The first-order chi connectivity index (χ1) is 14.2. The normalized spacial score (nSPS) is 12.3. The molecular formula is C23H32N2O4S. The highest BCUT2D eigenvalue weighted by atomic mass is 32.2. The van der Waals surface area contributed by atoms with Crippen molar-refractivity contribution >= 4 is 21.6 Å². The summed E-state index contributed by atoms with van der Waals surface area (Å²) in [6, 6.07) is 12.6. The fourth-order valence-corrected chi connectivity index (χ4v) is 3.96. The summed E-state index contributed by atoms with van der Waals surface area (Å²) in [6.07, 6.45) is 2.69. The summed E-state index contributed by atoms with van der Waals surface area (Å²) in [5.74, 6) is 0.316. The van der Waals surface area contributed by atoms with Crippen LogP contribution < -0.4 is 14.4 Å². The van der Waals surface area contributed by atoms with E-state index in [1.165, 1.54) is 5.56 Å². The highest BCUT2D eigenvalue weighted by Crippen LogP contribution is 2.23. The fraction of sp³-hybridized carbons (Fsp3) is 0.435. The third-order valence-corrected chi connectivity index (χ3v) is 6.10. The van der Waals surface area contributed by atoms with Crippen LogP contribution in [0.2, 0.25) is 0 Å². The number of rotatable bonds is 10. The van der Waals surface area contributed by atoms with E-state index in [0.29, 0.717) is 24.5 Å². The number of nitrogens with one attached hydrogen (secondary N) is 1. The van der Waals surface area contributed by atoms with Gasteiger partial charge >= 0.3 is 0 Å². The van der Waals surface area contributed by atoms with Gasteiger partial charge in [0.2, 0.25) is 15.9 Å². The Balaban J connectivity index is 2.15. The number of sulfonamides is 1.